The summed E-state index contributed by atoms with van der Waals surface area (Å²) < 4.78 is 0. The number of carbonyl (C=O) groups is 2. The largest absolute Gasteiger partial charge is 0.481 e. The third-order valence-electron chi connectivity index (χ3n) is 4.15. The number of hydrogen-bond acceptors (Lipinski definition) is 3. The maximum Gasteiger partial charge on any atom is 0.303 e. The fourth-order valence-electron chi connectivity index (χ4n) is 2.72. The number of carboxylic acid groups (broad SMARTS) is 1. The first-order chi connectivity index (χ1) is 9.50. The van der Waals surface area contributed by atoms with Crippen LogP contribution in [0.2, 0.25) is 0 Å². The predicted octanol–water partition coefficient (Wildman–Crippen LogP) is 1.63. The summed E-state index contributed by atoms with van der Waals surface area (Å²) in [5.74, 6) is 0.296. The average molecular weight is 284 g/mol. The van der Waals surface area contributed by atoms with Crippen LogP contribution in [0.3, 0.4) is 0 Å². The lowest BCUT2D eigenvalue weighted by atomic mass is 9.88. The maximum absolute atomic E-state index is 12.0. The molecule has 0 bridgehead atoms. The summed E-state index contributed by atoms with van der Waals surface area (Å²) in [5, 5.41) is 15.0. The average Bonchev–Trinajstić information content (AvgIpc) is 2.42. The van der Waals surface area contributed by atoms with E-state index in [1.165, 1.54) is 0 Å². The van der Waals surface area contributed by atoms with E-state index in [4.69, 9.17) is 5.11 Å². The van der Waals surface area contributed by atoms with Crippen molar-refractivity contribution in [3.05, 3.63) is 0 Å². The molecule has 0 saturated carbocycles. The Balaban J connectivity index is 2.25. The lowest BCUT2D eigenvalue weighted by Gasteiger charge is -2.23. The molecular formula is C15H28N2O3. The van der Waals surface area contributed by atoms with Gasteiger partial charge in [0.15, 0.2) is 0 Å². The zero-order chi connectivity index (χ0) is 15.0. The van der Waals surface area contributed by atoms with Crippen molar-refractivity contribution in [1.82, 2.24) is 10.6 Å². The molecule has 1 aliphatic heterocycles. The van der Waals surface area contributed by atoms with E-state index in [2.05, 4.69) is 24.5 Å². The molecule has 20 heavy (non-hydrogen) atoms. The molecule has 0 aromatic heterocycles. The highest BCUT2D eigenvalue weighted by Crippen LogP contribution is 2.20. The second-order valence-electron chi connectivity index (χ2n) is 6.06. The lowest BCUT2D eigenvalue weighted by molar-refractivity contribution is -0.137. The van der Waals surface area contributed by atoms with E-state index >= 15 is 0 Å². The fraction of sp³-hybridized carbons (Fsp3) is 0.867. The first-order valence-corrected chi connectivity index (χ1v) is 7.71. The molecule has 0 aromatic rings. The predicted molar refractivity (Wildman–Crippen MR) is 78.4 cm³/mol. The summed E-state index contributed by atoms with van der Waals surface area (Å²) in [5.41, 5.74) is 0. The van der Waals surface area contributed by atoms with Gasteiger partial charge >= 0.3 is 5.97 Å². The highest BCUT2D eigenvalue weighted by molar-refractivity contribution is 5.78. The van der Waals surface area contributed by atoms with E-state index in [-0.39, 0.29) is 18.2 Å². The van der Waals surface area contributed by atoms with Gasteiger partial charge in [0, 0.05) is 19.5 Å². The molecule has 0 spiro atoms. The molecule has 0 aromatic carbocycles. The fourth-order valence-corrected chi connectivity index (χ4v) is 2.72. The van der Waals surface area contributed by atoms with Crippen molar-refractivity contribution in [1.29, 1.82) is 0 Å². The van der Waals surface area contributed by atoms with E-state index in [0.717, 1.165) is 32.4 Å². The molecule has 1 rings (SSSR count). The summed E-state index contributed by atoms with van der Waals surface area (Å²) in [7, 11) is 0. The van der Waals surface area contributed by atoms with Crippen molar-refractivity contribution < 1.29 is 14.7 Å². The molecule has 1 aliphatic rings. The Morgan fingerprint density at radius 2 is 2.10 bits per heavy atom. The smallest absolute Gasteiger partial charge is 0.303 e. The zero-order valence-corrected chi connectivity index (χ0v) is 12.7. The first kappa shape index (κ1) is 17.0. The molecule has 1 unspecified atom stereocenters. The van der Waals surface area contributed by atoms with Crippen LogP contribution in [0.4, 0.5) is 0 Å². The van der Waals surface area contributed by atoms with E-state index in [9.17, 15) is 9.59 Å². The van der Waals surface area contributed by atoms with Crippen molar-refractivity contribution in [2.24, 2.45) is 17.8 Å². The van der Waals surface area contributed by atoms with E-state index in [1.807, 2.05) is 0 Å². The Hall–Kier alpha value is -1.10. The molecule has 1 heterocycles. The molecule has 1 fully saturated rings. The summed E-state index contributed by atoms with van der Waals surface area (Å²) in [6, 6.07) is 0. The lowest BCUT2D eigenvalue weighted by Crippen LogP contribution is -2.41. The molecule has 1 amide bonds. The Kier molecular flexibility index (Phi) is 7.59. The highest BCUT2D eigenvalue weighted by Gasteiger charge is 2.21. The molecule has 2 atom stereocenters. The second kappa shape index (κ2) is 8.95. The minimum Gasteiger partial charge on any atom is -0.481 e. The third-order valence-corrected chi connectivity index (χ3v) is 4.15. The van der Waals surface area contributed by atoms with Crippen LogP contribution in [0, 0.1) is 17.8 Å². The van der Waals surface area contributed by atoms with Crippen LogP contribution in [-0.2, 0) is 9.59 Å². The van der Waals surface area contributed by atoms with Gasteiger partial charge in [0.2, 0.25) is 5.91 Å². The van der Waals surface area contributed by atoms with Gasteiger partial charge in [-0.25, -0.2) is 0 Å². The number of aliphatic carboxylic acids is 1. The van der Waals surface area contributed by atoms with Crippen LogP contribution in [0.25, 0.3) is 0 Å². The third kappa shape index (κ3) is 6.37. The standard InChI is InChI=1S/C15H28N2O3/c1-11(2)12(5-6-14(18)19)7-9-17-15(20)13-4-3-8-16-10-13/h11-13,16H,3-10H2,1-2H3,(H,17,20)(H,18,19)/t12?,13-/m0/s1. The maximum atomic E-state index is 12.0. The Labute approximate surface area is 121 Å². The van der Waals surface area contributed by atoms with Crippen molar-refractivity contribution >= 4 is 11.9 Å². The summed E-state index contributed by atoms with van der Waals surface area (Å²) in [6.07, 6.45) is 3.78. The van der Waals surface area contributed by atoms with E-state index in [1.54, 1.807) is 0 Å². The summed E-state index contributed by atoms with van der Waals surface area (Å²) in [4.78, 5) is 22.6. The number of rotatable bonds is 8. The number of piperidine rings is 1. The van der Waals surface area contributed by atoms with Crippen LogP contribution in [-0.4, -0.2) is 36.6 Å². The van der Waals surface area contributed by atoms with Crippen molar-refractivity contribution in [3.63, 3.8) is 0 Å². The summed E-state index contributed by atoms with van der Waals surface area (Å²) >= 11 is 0. The van der Waals surface area contributed by atoms with Crippen LogP contribution >= 0.6 is 0 Å². The minimum absolute atomic E-state index is 0.0975. The molecular weight excluding hydrogens is 256 g/mol. The van der Waals surface area contributed by atoms with Crippen LogP contribution < -0.4 is 10.6 Å². The van der Waals surface area contributed by atoms with Gasteiger partial charge in [-0.3, -0.25) is 9.59 Å². The van der Waals surface area contributed by atoms with Gasteiger partial charge in [-0.1, -0.05) is 13.8 Å². The van der Waals surface area contributed by atoms with Crippen LogP contribution in [0.1, 0.15) is 46.0 Å². The van der Waals surface area contributed by atoms with Gasteiger partial charge in [-0.15, -0.1) is 0 Å². The van der Waals surface area contributed by atoms with E-state index < -0.39 is 5.97 Å². The molecule has 5 nitrogen and oxygen atoms in total. The molecule has 1 saturated heterocycles. The number of amides is 1. The summed E-state index contributed by atoms with van der Waals surface area (Å²) in [6.45, 7) is 6.66. The van der Waals surface area contributed by atoms with Gasteiger partial charge in [0.1, 0.15) is 0 Å². The number of hydrogen-bond donors (Lipinski definition) is 3. The molecule has 0 radical (unpaired) electrons. The van der Waals surface area contributed by atoms with Crippen molar-refractivity contribution in [2.45, 2.75) is 46.0 Å². The molecule has 0 aliphatic carbocycles. The number of carbonyl (C=O) groups excluding carboxylic acids is 1. The van der Waals surface area contributed by atoms with Gasteiger partial charge < -0.3 is 15.7 Å². The zero-order valence-electron chi connectivity index (χ0n) is 12.7. The van der Waals surface area contributed by atoms with Crippen molar-refractivity contribution in [2.75, 3.05) is 19.6 Å². The highest BCUT2D eigenvalue weighted by atomic mass is 16.4. The quantitative estimate of drug-likeness (QED) is 0.633. The molecule has 3 N–H and O–H groups in total. The monoisotopic (exact) mass is 284 g/mol. The number of nitrogens with one attached hydrogen (secondary N) is 2. The number of carboxylic acids is 1. The van der Waals surface area contributed by atoms with E-state index in [0.29, 0.717) is 24.8 Å². The van der Waals surface area contributed by atoms with Gasteiger partial charge in [-0.05, 0) is 44.1 Å². The second-order valence-corrected chi connectivity index (χ2v) is 6.06. The normalized spacial score (nSPS) is 20.6. The first-order valence-electron chi connectivity index (χ1n) is 7.71. The van der Waals surface area contributed by atoms with Crippen LogP contribution in [0.5, 0.6) is 0 Å². The van der Waals surface area contributed by atoms with Gasteiger partial charge in [0.25, 0.3) is 0 Å². The topological polar surface area (TPSA) is 78.4 Å². The van der Waals surface area contributed by atoms with Crippen molar-refractivity contribution in [3.8, 4) is 0 Å². The van der Waals surface area contributed by atoms with Crippen LogP contribution in [0.15, 0.2) is 0 Å². The molecule has 5 heteroatoms. The SMILES string of the molecule is CC(C)C(CCNC(=O)[C@H]1CCCNC1)CCC(=O)O. The Morgan fingerprint density at radius 1 is 1.35 bits per heavy atom. The van der Waals surface area contributed by atoms with Gasteiger partial charge in [-0.2, -0.15) is 0 Å². The Morgan fingerprint density at radius 3 is 2.65 bits per heavy atom. The van der Waals surface area contributed by atoms with Gasteiger partial charge in [0.05, 0.1) is 5.92 Å². The minimum atomic E-state index is -0.743. The Bertz CT molecular complexity index is 312. The molecule has 116 valence electrons.